The van der Waals surface area contributed by atoms with E-state index < -0.39 is 5.97 Å². The molecular weight excluding hydrogens is 334 g/mol. The molecule has 0 radical (unpaired) electrons. The minimum atomic E-state index is -1.01. The van der Waals surface area contributed by atoms with Crippen molar-refractivity contribution in [2.75, 3.05) is 56.2 Å². The molecule has 0 aromatic heterocycles. The van der Waals surface area contributed by atoms with Crippen LogP contribution in [0.25, 0.3) is 0 Å². The Morgan fingerprint density at radius 2 is 1.81 bits per heavy atom. The molecule has 2 aliphatic heterocycles. The van der Waals surface area contributed by atoms with E-state index in [0.29, 0.717) is 18.9 Å². The van der Waals surface area contributed by atoms with Crippen LogP contribution in [0.4, 0.5) is 11.4 Å². The summed E-state index contributed by atoms with van der Waals surface area (Å²) < 4.78 is 5.40. The number of aromatic carboxylic acids is 1. The SMILES string of the molecule is CC(=O)N(c1cc(N2CCN(C)CC2)ccc1C(=O)O)C1CCOCC1. The van der Waals surface area contributed by atoms with Crippen LogP contribution in [0, 0.1) is 0 Å². The molecule has 1 aromatic rings. The molecule has 0 atom stereocenters. The average molecular weight is 361 g/mol. The molecule has 7 heteroatoms. The highest BCUT2D eigenvalue weighted by Gasteiger charge is 2.29. The Balaban J connectivity index is 1.97. The lowest BCUT2D eigenvalue weighted by atomic mass is 10.0. The third-order valence-electron chi connectivity index (χ3n) is 5.23. The minimum absolute atomic E-state index is 0.0258. The molecule has 2 aliphatic rings. The smallest absolute Gasteiger partial charge is 0.337 e. The van der Waals surface area contributed by atoms with E-state index in [-0.39, 0.29) is 17.5 Å². The van der Waals surface area contributed by atoms with Crippen molar-refractivity contribution in [3.8, 4) is 0 Å². The minimum Gasteiger partial charge on any atom is -0.478 e. The van der Waals surface area contributed by atoms with Gasteiger partial charge in [-0.3, -0.25) is 4.79 Å². The number of hydrogen-bond acceptors (Lipinski definition) is 5. The third-order valence-corrected chi connectivity index (χ3v) is 5.23. The molecule has 0 aliphatic carbocycles. The topological polar surface area (TPSA) is 73.3 Å². The van der Waals surface area contributed by atoms with E-state index in [0.717, 1.165) is 44.7 Å². The monoisotopic (exact) mass is 361 g/mol. The first-order chi connectivity index (χ1) is 12.5. The molecule has 0 bridgehead atoms. The Hall–Kier alpha value is -2.12. The molecule has 2 heterocycles. The van der Waals surface area contributed by atoms with Gasteiger partial charge in [-0.05, 0) is 38.1 Å². The van der Waals surface area contributed by atoms with Gasteiger partial charge in [0, 0.05) is 58.0 Å². The first kappa shape index (κ1) is 18.7. The van der Waals surface area contributed by atoms with Crippen molar-refractivity contribution in [2.24, 2.45) is 0 Å². The number of carboxylic acid groups (broad SMARTS) is 1. The second kappa shape index (κ2) is 8.05. The van der Waals surface area contributed by atoms with Gasteiger partial charge in [0.15, 0.2) is 0 Å². The Bertz CT molecular complexity index is 665. The van der Waals surface area contributed by atoms with Gasteiger partial charge in [0.05, 0.1) is 11.3 Å². The molecule has 26 heavy (non-hydrogen) atoms. The molecule has 1 amide bonds. The number of rotatable bonds is 4. The maximum Gasteiger partial charge on any atom is 0.337 e. The van der Waals surface area contributed by atoms with Crippen molar-refractivity contribution in [3.63, 3.8) is 0 Å². The molecule has 1 aromatic carbocycles. The molecule has 0 unspecified atom stereocenters. The fourth-order valence-electron chi connectivity index (χ4n) is 3.73. The van der Waals surface area contributed by atoms with E-state index in [1.54, 1.807) is 11.0 Å². The molecule has 1 N–H and O–H groups in total. The molecule has 2 fully saturated rings. The van der Waals surface area contributed by atoms with Crippen molar-refractivity contribution in [3.05, 3.63) is 23.8 Å². The van der Waals surface area contributed by atoms with Crippen LogP contribution in [-0.2, 0) is 9.53 Å². The summed E-state index contributed by atoms with van der Waals surface area (Å²) in [5.74, 6) is -1.14. The third kappa shape index (κ3) is 3.99. The van der Waals surface area contributed by atoms with Gasteiger partial charge in [-0.25, -0.2) is 4.79 Å². The fraction of sp³-hybridized carbons (Fsp3) is 0.579. The molecule has 0 spiro atoms. The Labute approximate surface area is 154 Å². The highest BCUT2D eigenvalue weighted by Crippen LogP contribution is 2.31. The zero-order valence-corrected chi connectivity index (χ0v) is 15.5. The first-order valence-corrected chi connectivity index (χ1v) is 9.15. The van der Waals surface area contributed by atoms with E-state index in [4.69, 9.17) is 4.74 Å². The number of amides is 1. The summed E-state index contributed by atoms with van der Waals surface area (Å²) in [6, 6.07) is 5.31. The lowest BCUT2D eigenvalue weighted by molar-refractivity contribution is -0.117. The quantitative estimate of drug-likeness (QED) is 0.879. The van der Waals surface area contributed by atoms with Gasteiger partial charge in [-0.15, -0.1) is 0 Å². The van der Waals surface area contributed by atoms with E-state index in [2.05, 4.69) is 16.8 Å². The summed E-state index contributed by atoms with van der Waals surface area (Å²) in [4.78, 5) is 30.4. The summed E-state index contributed by atoms with van der Waals surface area (Å²) >= 11 is 0. The summed E-state index contributed by atoms with van der Waals surface area (Å²) in [5.41, 5.74) is 1.63. The predicted octanol–water partition coefficient (Wildman–Crippen LogP) is 1.67. The normalized spacial score (nSPS) is 19.4. The van der Waals surface area contributed by atoms with Crippen LogP contribution >= 0.6 is 0 Å². The number of nitrogens with zero attached hydrogens (tertiary/aromatic N) is 3. The van der Waals surface area contributed by atoms with Crippen molar-refractivity contribution >= 4 is 23.3 Å². The molecule has 3 rings (SSSR count). The van der Waals surface area contributed by atoms with Crippen molar-refractivity contribution in [1.82, 2.24) is 4.90 Å². The summed E-state index contributed by atoms with van der Waals surface area (Å²) in [5, 5.41) is 9.65. The number of benzene rings is 1. The van der Waals surface area contributed by atoms with Gasteiger partial charge in [0.25, 0.3) is 0 Å². The Kier molecular flexibility index (Phi) is 5.78. The van der Waals surface area contributed by atoms with Crippen molar-refractivity contribution in [1.29, 1.82) is 0 Å². The van der Waals surface area contributed by atoms with Crippen LogP contribution in [0.3, 0.4) is 0 Å². The zero-order chi connectivity index (χ0) is 18.7. The van der Waals surface area contributed by atoms with Crippen LogP contribution in [-0.4, -0.2) is 74.4 Å². The number of anilines is 2. The number of carbonyl (C=O) groups excluding carboxylic acids is 1. The predicted molar refractivity (Wildman–Crippen MR) is 100 cm³/mol. The molecule has 142 valence electrons. The van der Waals surface area contributed by atoms with Gasteiger partial charge in [-0.2, -0.15) is 0 Å². The van der Waals surface area contributed by atoms with Gasteiger partial charge in [-0.1, -0.05) is 0 Å². The number of ether oxygens (including phenoxy) is 1. The number of hydrogen-bond donors (Lipinski definition) is 1. The van der Waals surface area contributed by atoms with Gasteiger partial charge in [0.2, 0.25) is 5.91 Å². The maximum atomic E-state index is 12.4. The molecule has 7 nitrogen and oxygen atoms in total. The number of carboxylic acids is 1. The van der Waals surface area contributed by atoms with Crippen molar-refractivity contribution in [2.45, 2.75) is 25.8 Å². The van der Waals surface area contributed by atoms with Crippen LogP contribution in [0.2, 0.25) is 0 Å². The second-order valence-electron chi connectivity index (χ2n) is 7.03. The second-order valence-corrected chi connectivity index (χ2v) is 7.03. The van der Waals surface area contributed by atoms with E-state index in [9.17, 15) is 14.7 Å². The molecule has 0 saturated carbocycles. The van der Waals surface area contributed by atoms with Crippen LogP contribution < -0.4 is 9.80 Å². The fourth-order valence-corrected chi connectivity index (χ4v) is 3.73. The average Bonchev–Trinajstić information content (AvgIpc) is 2.63. The van der Waals surface area contributed by atoms with Crippen LogP contribution in [0.5, 0.6) is 0 Å². The van der Waals surface area contributed by atoms with Crippen molar-refractivity contribution < 1.29 is 19.4 Å². The highest BCUT2D eigenvalue weighted by atomic mass is 16.5. The van der Waals surface area contributed by atoms with Crippen LogP contribution in [0.1, 0.15) is 30.1 Å². The summed E-state index contributed by atoms with van der Waals surface area (Å²) in [6.07, 6.45) is 1.44. The molecule has 2 saturated heterocycles. The van der Waals surface area contributed by atoms with Crippen LogP contribution in [0.15, 0.2) is 18.2 Å². The maximum absolute atomic E-state index is 12.4. The van der Waals surface area contributed by atoms with Gasteiger partial charge in [0.1, 0.15) is 0 Å². The highest BCUT2D eigenvalue weighted by molar-refractivity contribution is 6.02. The number of piperazine rings is 1. The first-order valence-electron chi connectivity index (χ1n) is 9.15. The summed E-state index contributed by atoms with van der Waals surface area (Å²) in [7, 11) is 2.10. The Morgan fingerprint density at radius 1 is 1.15 bits per heavy atom. The Morgan fingerprint density at radius 3 is 2.38 bits per heavy atom. The number of carbonyl (C=O) groups is 2. The van der Waals surface area contributed by atoms with Gasteiger partial charge < -0.3 is 24.5 Å². The zero-order valence-electron chi connectivity index (χ0n) is 15.5. The molecular formula is C19H27N3O4. The lowest BCUT2D eigenvalue weighted by Crippen LogP contribution is -2.45. The van der Waals surface area contributed by atoms with E-state index >= 15 is 0 Å². The van der Waals surface area contributed by atoms with E-state index in [1.807, 2.05) is 12.1 Å². The van der Waals surface area contributed by atoms with Gasteiger partial charge >= 0.3 is 5.97 Å². The standard InChI is InChI=1S/C19H27N3O4/c1-14(23)22(15-5-11-26-12-6-15)18-13-16(3-4-17(18)19(24)25)21-9-7-20(2)8-10-21/h3-4,13,15H,5-12H2,1-2H3,(H,24,25). The number of likely N-dealkylation sites (N-methyl/N-ethyl adjacent to an activating group) is 1. The largest absolute Gasteiger partial charge is 0.478 e. The lowest BCUT2D eigenvalue weighted by Gasteiger charge is -2.37. The van der Waals surface area contributed by atoms with E-state index in [1.165, 1.54) is 6.92 Å². The summed E-state index contributed by atoms with van der Waals surface area (Å²) in [6.45, 7) is 6.39.